The summed E-state index contributed by atoms with van der Waals surface area (Å²) in [5.74, 6) is -2.39. The second-order valence-electron chi connectivity index (χ2n) is 31.1. The summed E-state index contributed by atoms with van der Waals surface area (Å²) < 4.78 is 23.9. The average molecular weight is 1510 g/mol. The van der Waals surface area contributed by atoms with Gasteiger partial charge in [-0.15, -0.1) is 11.3 Å². The Morgan fingerprint density at radius 1 is 0.838 bits per heavy atom. The number of hydrogen-bond donors (Lipinski definition) is 9. The van der Waals surface area contributed by atoms with Crippen LogP contribution in [0.15, 0.2) is 54.2 Å². The second kappa shape index (κ2) is 38.3. The first kappa shape index (κ1) is 83.8. The van der Waals surface area contributed by atoms with Gasteiger partial charge in [0.2, 0.25) is 17.7 Å². The number of hydrogen-bond acceptors (Lipinski definition) is 21. The van der Waals surface area contributed by atoms with Gasteiger partial charge < -0.3 is 61.5 Å². The monoisotopic (exact) mass is 1510 g/mol. The zero-order chi connectivity index (χ0) is 76.4. The average Bonchev–Trinajstić information content (AvgIpc) is 1.70. The number of aliphatic hydroxyl groups excluding tert-OH is 2. The number of hydroxylamine groups is 1. The van der Waals surface area contributed by atoms with Gasteiger partial charge in [0, 0.05) is 81.8 Å². The number of carbonyl (C=O) groups excluding carboxylic acids is 8. The third-order valence-electron chi connectivity index (χ3n) is 20.6. The van der Waals surface area contributed by atoms with E-state index in [9.17, 15) is 48.6 Å². The number of benzene rings is 2. The number of thioether (sulfide) groups is 2. The van der Waals surface area contributed by atoms with E-state index in [2.05, 4.69) is 37.0 Å². The van der Waals surface area contributed by atoms with Gasteiger partial charge in [-0.05, 0) is 152 Å². The molecule has 578 valence electrons. The highest BCUT2D eigenvalue weighted by Crippen LogP contribution is 2.46. The normalized spacial score (nSPS) is 24.2. The number of nitrogens with one attached hydrogen (secondary N) is 6. The molecule has 0 spiro atoms. The number of primary amides is 1. The van der Waals surface area contributed by atoms with Gasteiger partial charge in [0.1, 0.15) is 42.2 Å². The van der Waals surface area contributed by atoms with Crippen molar-refractivity contribution in [2.45, 2.75) is 281 Å². The van der Waals surface area contributed by atoms with Gasteiger partial charge in [0.25, 0.3) is 5.91 Å². The Kier molecular flexibility index (Phi) is 30.6. The molecule has 25 nitrogen and oxygen atoms in total. The number of nitrogens with two attached hydrogens (primary N) is 1. The summed E-state index contributed by atoms with van der Waals surface area (Å²) in [5.41, 5.74) is 10.1. The van der Waals surface area contributed by atoms with E-state index in [-0.39, 0.29) is 81.2 Å². The summed E-state index contributed by atoms with van der Waals surface area (Å²) in [6.45, 7) is 22.0. The first-order valence-corrected chi connectivity index (χ1v) is 40.1. The largest absolute Gasteiger partial charge is 0.458 e. The van der Waals surface area contributed by atoms with Gasteiger partial charge in [-0.2, -0.15) is 29.0 Å². The Morgan fingerprint density at radius 2 is 1.51 bits per heavy atom. The predicted octanol–water partition coefficient (Wildman–Crippen LogP) is 11.6. The summed E-state index contributed by atoms with van der Waals surface area (Å²) >= 11 is 5.34. The fraction of sp³-hybridized carbons (Fsp3) is 0.649. The minimum Gasteiger partial charge on any atom is -0.458 e. The van der Waals surface area contributed by atoms with E-state index in [1.54, 1.807) is 71.1 Å². The Morgan fingerprint density at radius 3 is 2.19 bits per heavy atom. The van der Waals surface area contributed by atoms with Crippen molar-refractivity contribution >= 4 is 105 Å². The van der Waals surface area contributed by atoms with Gasteiger partial charge in [-0.3, -0.25) is 33.6 Å². The number of rotatable bonds is 26. The third kappa shape index (κ3) is 25.4. The fourth-order valence-electron chi connectivity index (χ4n) is 13.5. The van der Waals surface area contributed by atoms with E-state index in [1.807, 2.05) is 90.2 Å². The van der Waals surface area contributed by atoms with Gasteiger partial charge in [-0.25, -0.2) is 24.5 Å². The molecule has 0 radical (unpaired) electrons. The Labute approximate surface area is 630 Å². The molecule has 10 N–H and O–H groups in total. The number of urea groups is 1. The number of fused-ring (bicyclic) bond motifs is 4. The number of ketones is 1. The summed E-state index contributed by atoms with van der Waals surface area (Å²) in [4.78, 5) is 127. The van der Waals surface area contributed by atoms with Gasteiger partial charge in [0.05, 0.1) is 63.8 Å². The lowest BCUT2D eigenvalue weighted by atomic mass is 9.73. The molecule has 5 heterocycles. The highest BCUT2D eigenvalue weighted by Gasteiger charge is 2.53. The number of carbonyl (C=O) groups is 8. The van der Waals surface area contributed by atoms with Crippen LogP contribution in [0.5, 0.6) is 0 Å². The highest BCUT2D eigenvalue weighted by molar-refractivity contribution is 8.03. The van der Waals surface area contributed by atoms with E-state index >= 15 is 0 Å². The zero-order valence-corrected chi connectivity index (χ0v) is 65.6. The van der Waals surface area contributed by atoms with Crippen LogP contribution >= 0.6 is 34.9 Å². The van der Waals surface area contributed by atoms with Crippen molar-refractivity contribution < 1.29 is 72.4 Å². The molecular weight excluding hydrogens is 1400 g/mol. The topological polar surface area (TPSA) is 363 Å². The van der Waals surface area contributed by atoms with Crippen LogP contribution in [0.4, 0.5) is 15.3 Å². The van der Waals surface area contributed by atoms with Crippen LogP contribution in [0, 0.1) is 23.2 Å². The number of nitrogens with zero attached hydrogens (tertiary/aromatic N) is 3. The first-order valence-electron chi connectivity index (χ1n) is 37.2. The van der Waals surface area contributed by atoms with Crippen molar-refractivity contribution in [1.29, 1.82) is 0 Å². The van der Waals surface area contributed by atoms with Crippen LogP contribution < -0.4 is 37.8 Å². The molecule has 11 atom stereocenters. The lowest BCUT2D eigenvalue weighted by Gasteiger charge is -2.34. The number of anilines is 1. The number of aromatic nitrogens is 3. The molecule has 0 bridgehead atoms. The van der Waals surface area contributed by atoms with Crippen molar-refractivity contribution in [2.75, 3.05) is 18.5 Å². The molecule has 2 aromatic carbocycles. The number of amides is 7. The number of aliphatic hydroxyl groups is 2. The Hall–Kier alpha value is -6.79. The molecule has 2 saturated heterocycles. The minimum absolute atomic E-state index is 0.0320. The number of cyclic esters (lactones) is 1. The summed E-state index contributed by atoms with van der Waals surface area (Å²) in [6, 6.07) is 9.15. The maximum atomic E-state index is 14.0. The zero-order valence-electron chi connectivity index (χ0n) is 63.2. The molecule has 7 amide bonds. The molecule has 4 aliphatic rings. The van der Waals surface area contributed by atoms with Crippen LogP contribution in [-0.2, 0) is 72.5 Å². The van der Waals surface area contributed by atoms with E-state index in [0.29, 0.717) is 74.0 Å². The van der Waals surface area contributed by atoms with Crippen molar-refractivity contribution in [3.63, 3.8) is 0 Å². The molecule has 3 fully saturated rings. The number of ether oxygens (including phenoxy) is 4. The number of Topliss-reactive ketones (excluding diaryl/α,β-unsaturated/α-hetero) is 1. The lowest BCUT2D eigenvalue weighted by molar-refractivity contribution is -0.154. The minimum atomic E-state index is -1.35. The fourth-order valence-corrected chi connectivity index (χ4v) is 17.4. The van der Waals surface area contributed by atoms with Crippen LogP contribution in [0.25, 0.3) is 17.1 Å². The molecular formula is C77H112N10O15S3. The maximum Gasteiger partial charge on any atom is 0.431 e. The van der Waals surface area contributed by atoms with Crippen molar-refractivity contribution in [2.24, 2.45) is 28.9 Å². The number of epoxide rings is 1. The lowest BCUT2D eigenvalue weighted by Crippen LogP contribution is -2.54. The van der Waals surface area contributed by atoms with Crippen LogP contribution in [-0.4, -0.2) is 150 Å². The molecule has 105 heavy (non-hydrogen) atoms. The molecule has 4 aromatic rings. The summed E-state index contributed by atoms with van der Waals surface area (Å²) in [5, 5.41) is 38.2. The van der Waals surface area contributed by atoms with Gasteiger partial charge in [0.15, 0.2) is 0 Å². The van der Waals surface area contributed by atoms with Crippen LogP contribution in [0.2, 0.25) is 0 Å². The summed E-state index contributed by atoms with van der Waals surface area (Å²) in [6.07, 6.45) is 11.8. The smallest absolute Gasteiger partial charge is 0.431 e. The Balaban J connectivity index is 0.761. The van der Waals surface area contributed by atoms with Crippen molar-refractivity contribution in [3.05, 3.63) is 86.6 Å². The highest BCUT2D eigenvalue weighted by atomic mass is 32.2. The van der Waals surface area contributed by atoms with Gasteiger partial charge >= 0.3 is 18.1 Å². The Bertz CT molecular complexity index is 3680. The standard InChI is InChI=1S/C77H112N10O15S3/c1-45(2)66(85-63(89)30-32-75(8,9)99-35-33-74(6,7)86-69(93)50-26-29-53-55(37-50)83-57-44-104-60-23-17-15-13-14-16-22-59(60)103-43-56(57)82-53)71(95)84-54(21-19-34-79-72(78)96)70(94)81-51-27-24-49(25-28-51)41-98-73(97)87-100-42-64-80-40-52(105-64)36-47(4)58-38-62-77(12,102-62)31-18-20-46(3)67(91)48(5)68(92)76(10,11)61(88)39-65(90)101-58/h24-29,36-37,40,45-46,48,54,58-62,66-67,88,91H,13-23,30-35,38-39,41-44H2,1-12H3,(H,81,94)(H,84,95)(H,85,89)(H,86,93)(H,87,97)(H3,78,79,96). The third-order valence-corrected chi connectivity index (χ3v) is 24.6. The molecule has 1 saturated carbocycles. The van der Waals surface area contributed by atoms with E-state index in [4.69, 9.17) is 39.5 Å². The first-order chi connectivity index (χ1) is 49.7. The van der Waals surface area contributed by atoms with Crippen LogP contribution in [0.3, 0.4) is 0 Å². The SMILES string of the molecule is CC(=Cc1cnc(CONC(=O)OCc2ccc(NC(=O)C(CCCNC(N)=O)NC(=O)C(NC(=O)CCC(C)(C)OCCC(C)(C)NC(=O)c3ccc4nc5c(nc4c3)CSC3CCCCCCCC3SC5)C(C)C)cc2)s1)C1CC2OC2(C)CCCC(C)C(O)C(C)C(=O)C(C)(C)C(O)CC(=O)O1. The predicted molar refractivity (Wildman–Crippen MR) is 407 cm³/mol. The summed E-state index contributed by atoms with van der Waals surface area (Å²) in [7, 11) is 0. The molecule has 3 aliphatic heterocycles. The molecule has 2 aromatic heterocycles. The quantitative estimate of drug-likeness (QED) is 0.0122. The molecule has 1 aliphatic carbocycles. The van der Waals surface area contributed by atoms with Crippen molar-refractivity contribution in [3.8, 4) is 0 Å². The van der Waals surface area contributed by atoms with Gasteiger partial charge in [-0.1, -0.05) is 92.2 Å². The molecule has 28 heteroatoms. The number of thiazole rings is 1. The van der Waals surface area contributed by atoms with E-state index < -0.39 is 94.8 Å². The number of esters is 1. The maximum absolute atomic E-state index is 14.0. The van der Waals surface area contributed by atoms with Crippen molar-refractivity contribution in [1.82, 2.24) is 41.7 Å². The molecule has 8 rings (SSSR count). The van der Waals surface area contributed by atoms with Crippen LogP contribution in [0.1, 0.15) is 229 Å². The molecule has 11 unspecified atom stereocenters. The van der Waals surface area contributed by atoms with E-state index in [1.165, 1.54) is 56.3 Å². The second-order valence-corrected chi connectivity index (χ2v) is 34.7. The van der Waals surface area contributed by atoms with E-state index in [0.717, 1.165) is 41.3 Å².